The highest BCUT2D eigenvalue weighted by Gasteiger charge is 2.45. The Bertz CT molecular complexity index is 510. The van der Waals surface area contributed by atoms with Gasteiger partial charge in [0.1, 0.15) is 0 Å². The van der Waals surface area contributed by atoms with Crippen LogP contribution in [0, 0.1) is 17.8 Å². The fourth-order valence-corrected chi connectivity index (χ4v) is 4.73. The fourth-order valence-electron chi connectivity index (χ4n) is 4.73. The molecule has 0 aliphatic heterocycles. The van der Waals surface area contributed by atoms with Crippen molar-refractivity contribution in [1.82, 2.24) is 5.32 Å². The smallest absolute Gasteiger partial charge is 0.176 e. The number of allylic oxidation sites excluding steroid dienone is 2. The molecule has 0 aromatic carbocycles. The van der Waals surface area contributed by atoms with Crippen molar-refractivity contribution in [2.45, 2.75) is 76.4 Å². The Morgan fingerprint density at radius 2 is 2.00 bits per heavy atom. The van der Waals surface area contributed by atoms with Crippen LogP contribution in [0.25, 0.3) is 0 Å². The quantitative estimate of drug-likeness (QED) is 0.313. The summed E-state index contributed by atoms with van der Waals surface area (Å²) < 4.78 is 0. The topological polar surface area (TPSA) is 108 Å². The number of fused-ring (bicyclic) bond motifs is 1. The molecule has 2 aliphatic rings. The molecule has 7 atom stereocenters. The summed E-state index contributed by atoms with van der Waals surface area (Å²) in [6, 6.07) is 0. The molecule has 2 rings (SSSR count). The monoisotopic (exact) mass is 368 g/mol. The second kappa shape index (κ2) is 9.44. The van der Waals surface area contributed by atoms with Gasteiger partial charge in [0.15, 0.2) is 6.29 Å². The molecule has 0 aromatic heterocycles. The summed E-state index contributed by atoms with van der Waals surface area (Å²) in [4.78, 5) is 4.26. The number of nitrogens with two attached hydrogens (primary N) is 1. The molecule has 26 heavy (non-hydrogen) atoms. The molecule has 2 aliphatic carbocycles. The summed E-state index contributed by atoms with van der Waals surface area (Å²) in [5, 5.41) is 33.2. The maximum Gasteiger partial charge on any atom is 0.176 e. The average Bonchev–Trinajstić information content (AvgIpc) is 2.60. The minimum absolute atomic E-state index is 0.00135. The number of likely N-dealkylation sites (N-methyl/N-ethyl adjacent to an activating group) is 1. The molecule has 0 heterocycles. The van der Waals surface area contributed by atoms with Gasteiger partial charge in [-0.15, -0.1) is 0 Å². The minimum atomic E-state index is -1.20. The van der Waals surface area contributed by atoms with Gasteiger partial charge in [-0.3, -0.25) is 4.84 Å². The Labute approximate surface area is 157 Å². The Morgan fingerprint density at radius 1 is 1.27 bits per heavy atom. The normalized spacial score (nSPS) is 34.7. The van der Waals surface area contributed by atoms with Crippen LogP contribution < -0.4 is 11.2 Å². The van der Waals surface area contributed by atoms with Gasteiger partial charge in [0, 0.05) is 12.0 Å². The van der Waals surface area contributed by atoms with Gasteiger partial charge >= 0.3 is 0 Å². The first-order chi connectivity index (χ1) is 12.3. The number of hydrogen-bond donors (Lipinski definition) is 5. The number of hydrogen-bond acceptors (Lipinski definition) is 6. The molecule has 0 amide bonds. The van der Waals surface area contributed by atoms with E-state index in [1.165, 1.54) is 12.0 Å². The van der Waals surface area contributed by atoms with Gasteiger partial charge in [-0.05, 0) is 62.5 Å². The Balaban J connectivity index is 1.99. The first-order valence-corrected chi connectivity index (χ1v) is 9.81. The molecule has 0 radical (unpaired) electrons. The van der Waals surface area contributed by atoms with Gasteiger partial charge in [0.2, 0.25) is 0 Å². The summed E-state index contributed by atoms with van der Waals surface area (Å²) >= 11 is 0. The van der Waals surface area contributed by atoms with E-state index in [1.54, 1.807) is 0 Å². The van der Waals surface area contributed by atoms with E-state index in [0.29, 0.717) is 24.2 Å². The number of nitrogens with one attached hydrogen (secondary N) is 1. The van der Waals surface area contributed by atoms with Crippen molar-refractivity contribution in [1.29, 1.82) is 0 Å². The van der Waals surface area contributed by atoms with Crippen molar-refractivity contribution in [2.75, 3.05) is 7.05 Å². The highest BCUT2D eigenvalue weighted by Crippen LogP contribution is 2.46. The molecule has 150 valence electrons. The van der Waals surface area contributed by atoms with Crippen LogP contribution in [0.4, 0.5) is 0 Å². The molecule has 0 fully saturated rings. The molecule has 6 N–H and O–H groups in total. The van der Waals surface area contributed by atoms with E-state index in [-0.39, 0.29) is 18.4 Å². The van der Waals surface area contributed by atoms with Crippen LogP contribution in [0.2, 0.25) is 0 Å². The van der Waals surface area contributed by atoms with Crippen molar-refractivity contribution in [3.8, 4) is 0 Å². The number of rotatable bonds is 9. The lowest BCUT2D eigenvalue weighted by molar-refractivity contribution is -0.125. The average molecular weight is 369 g/mol. The predicted molar refractivity (Wildman–Crippen MR) is 102 cm³/mol. The summed E-state index contributed by atoms with van der Waals surface area (Å²) in [5.74, 6) is 6.31. The second-order valence-corrected chi connectivity index (χ2v) is 8.13. The SMILES string of the molecule is CN[C@]12CC[C@@H](C)C=C1C=C[C@H](C)[C@@H]2CC[C@@H](O)C[C@@H](O)CC(O)ON. The van der Waals surface area contributed by atoms with Gasteiger partial charge in [-0.1, -0.05) is 32.1 Å². The van der Waals surface area contributed by atoms with Gasteiger partial charge < -0.3 is 20.6 Å². The summed E-state index contributed by atoms with van der Waals surface area (Å²) in [6.45, 7) is 4.50. The lowest BCUT2D eigenvalue weighted by atomic mass is 9.61. The summed E-state index contributed by atoms with van der Waals surface area (Å²) in [6.07, 6.45) is 8.25. The van der Waals surface area contributed by atoms with Gasteiger partial charge in [-0.25, -0.2) is 5.90 Å². The maximum absolute atomic E-state index is 10.4. The lowest BCUT2D eigenvalue weighted by Crippen LogP contribution is -2.55. The second-order valence-electron chi connectivity index (χ2n) is 8.13. The van der Waals surface area contributed by atoms with Crippen molar-refractivity contribution < 1.29 is 20.2 Å². The predicted octanol–water partition coefficient (Wildman–Crippen LogP) is 1.61. The third kappa shape index (κ3) is 4.94. The first kappa shape index (κ1) is 21.5. The van der Waals surface area contributed by atoms with Gasteiger partial charge in [-0.2, -0.15) is 0 Å². The zero-order valence-corrected chi connectivity index (χ0v) is 16.3. The third-order valence-electron chi connectivity index (χ3n) is 6.25. The van der Waals surface area contributed by atoms with Crippen LogP contribution in [0.15, 0.2) is 23.8 Å². The zero-order chi connectivity index (χ0) is 19.3. The van der Waals surface area contributed by atoms with Crippen LogP contribution in [0.1, 0.15) is 52.4 Å². The number of aliphatic hydroxyl groups is 3. The molecule has 0 saturated carbocycles. The van der Waals surface area contributed by atoms with E-state index in [2.05, 4.69) is 42.2 Å². The van der Waals surface area contributed by atoms with Crippen molar-refractivity contribution in [3.05, 3.63) is 23.8 Å². The standard InChI is InChI=1S/C20H36N2O4/c1-13-8-9-20(22-3)15(10-13)5-4-14(2)18(20)7-6-16(23)11-17(24)12-19(25)26-21/h4-5,10,13-14,16-19,22-25H,6-9,11-12,21H2,1-3H3/t13-,14+,16-,17-,18+,19?,20-/m1/s1. The molecule has 6 nitrogen and oxygen atoms in total. The van der Waals surface area contributed by atoms with Gasteiger partial charge in [0.05, 0.1) is 12.2 Å². The lowest BCUT2D eigenvalue weighted by Gasteiger charge is -2.50. The van der Waals surface area contributed by atoms with E-state index < -0.39 is 18.5 Å². The maximum atomic E-state index is 10.4. The van der Waals surface area contributed by atoms with Crippen molar-refractivity contribution in [2.24, 2.45) is 23.7 Å². The van der Waals surface area contributed by atoms with Crippen LogP contribution in [0.5, 0.6) is 0 Å². The zero-order valence-electron chi connectivity index (χ0n) is 16.3. The molecule has 0 bridgehead atoms. The van der Waals surface area contributed by atoms with Crippen LogP contribution in [-0.2, 0) is 4.84 Å². The van der Waals surface area contributed by atoms with E-state index in [9.17, 15) is 15.3 Å². The van der Waals surface area contributed by atoms with Crippen LogP contribution in [0.3, 0.4) is 0 Å². The minimum Gasteiger partial charge on any atom is -0.393 e. The van der Waals surface area contributed by atoms with E-state index in [4.69, 9.17) is 5.90 Å². The number of aliphatic hydroxyl groups excluding tert-OH is 3. The molecule has 0 aromatic rings. The molecular weight excluding hydrogens is 332 g/mol. The molecule has 0 spiro atoms. The van der Waals surface area contributed by atoms with E-state index in [0.717, 1.165) is 12.8 Å². The Hall–Kier alpha value is -0.760. The molecule has 6 heteroatoms. The highest BCUT2D eigenvalue weighted by atomic mass is 16.7. The highest BCUT2D eigenvalue weighted by molar-refractivity contribution is 5.39. The molecular formula is C20H36N2O4. The summed E-state index contributed by atoms with van der Waals surface area (Å²) in [7, 11) is 2.04. The largest absolute Gasteiger partial charge is 0.393 e. The van der Waals surface area contributed by atoms with Crippen molar-refractivity contribution >= 4 is 0 Å². The molecule has 1 unspecified atom stereocenters. The summed E-state index contributed by atoms with van der Waals surface area (Å²) in [5.41, 5.74) is 1.35. The van der Waals surface area contributed by atoms with Crippen LogP contribution >= 0.6 is 0 Å². The van der Waals surface area contributed by atoms with E-state index in [1.807, 2.05) is 7.05 Å². The third-order valence-corrected chi connectivity index (χ3v) is 6.25. The molecule has 0 saturated heterocycles. The van der Waals surface area contributed by atoms with E-state index >= 15 is 0 Å². The van der Waals surface area contributed by atoms with Gasteiger partial charge in [0.25, 0.3) is 0 Å². The first-order valence-electron chi connectivity index (χ1n) is 9.81. The fraction of sp³-hybridized carbons (Fsp3) is 0.800. The van der Waals surface area contributed by atoms with Crippen molar-refractivity contribution in [3.63, 3.8) is 0 Å². The van der Waals surface area contributed by atoms with Crippen LogP contribution in [-0.4, -0.2) is 46.4 Å². The Morgan fingerprint density at radius 3 is 2.65 bits per heavy atom. The Kier molecular flexibility index (Phi) is 7.82.